The fourth-order valence-corrected chi connectivity index (χ4v) is 3.05. The van der Waals surface area contributed by atoms with Gasteiger partial charge in [0, 0.05) is 25.0 Å². The van der Waals surface area contributed by atoms with Crippen LogP contribution in [0.3, 0.4) is 0 Å². The van der Waals surface area contributed by atoms with Gasteiger partial charge in [-0.25, -0.2) is 9.48 Å². The molecule has 2 heterocycles. The summed E-state index contributed by atoms with van der Waals surface area (Å²) in [4.78, 5) is 12.3. The first-order chi connectivity index (χ1) is 13.5. The minimum atomic E-state index is -0.299. The lowest BCUT2D eigenvalue weighted by atomic mass is 10.1. The predicted molar refractivity (Wildman–Crippen MR) is 104 cm³/mol. The molecule has 0 N–H and O–H groups in total. The number of benzene rings is 2. The van der Waals surface area contributed by atoms with Gasteiger partial charge in [0.1, 0.15) is 12.4 Å². The van der Waals surface area contributed by atoms with E-state index < -0.39 is 0 Å². The second kappa shape index (κ2) is 7.15. The summed E-state index contributed by atoms with van der Waals surface area (Å²) < 4.78 is 10.4. The average molecular weight is 376 g/mol. The van der Waals surface area contributed by atoms with E-state index in [1.54, 1.807) is 17.9 Å². The van der Waals surface area contributed by atoms with E-state index in [0.29, 0.717) is 12.3 Å². The van der Waals surface area contributed by atoms with E-state index in [-0.39, 0.29) is 5.69 Å². The molecule has 0 saturated carbocycles. The van der Waals surface area contributed by atoms with Crippen LogP contribution in [0.2, 0.25) is 0 Å². The molecule has 0 aliphatic heterocycles. The number of aromatic nitrogens is 6. The molecule has 0 amide bonds. The maximum atomic E-state index is 12.3. The molecule has 0 saturated heterocycles. The van der Waals surface area contributed by atoms with Gasteiger partial charge in [0.2, 0.25) is 0 Å². The lowest BCUT2D eigenvalue weighted by Crippen LogP contribution is -2.23. The molecule has 0 spiro atoms. The summed E-state index contributed by atoms with van der Waals surface area (Å²) in [5.41, 5.74) is 4.24. The van der Waals surface area contributed by atoms with Gasteiger partial charge in [-0.15, -0.1) is 0 Å². The Morgan fingerprint density at radius 1 is 1.04 bits per heavy atom. The first kappa shape index (κ1) is 17.7. The summed E-state index contributed by atoms with van der Waals surface area (Å²) in [6.45, 7) is 4.29. The monoisotopic (exact) mass is 376 g/mol. The first-order valence-electron chi connectivity index (χ1n) is 8.86. The minimum absolute atomic E-state index is 0.299. The average Bonchev–Trinajstić information content (AvgIpc) is 3.33. The zero-order chi connectivity index (χ0) is 19.7. The Labute approximate surface area is 161 Å². The number of ether oxygens (including phenoxy) is 1. The molecule has 4 aromatic rings. The molecule has 0 aliphatic rings. The van der Waals surface area contributed by atoms with Gasteiger partial charge in [-0.2, -0.15) is 14.5 Å². The van der Waals surface area contributed by atoms with Gasteiger partial charge < -0.3 is 4.74 Å². The molecule has 0 atom stereocenters. The van der Waals surface area contributed by atoms with Crippen molar-refractivity contribution in [2.45, 2.75) is 20.5 Å². The van der Waals surface area contributed by atoms with Crippen LogP contribution in [0.15, 0.2) is 59.7 Å². The highest BCUT2D eigenvalue weighted by Gasteiger charge is 2.14. The van der Waals surface area contributed by atoms with E-state index in [1.807, 2.05) is 62.5 Å². The first-order valence-corrected chi connectivity index (χ1v) is 8.86. The van der Waals surface area contributed by atoms with Crippen LogP contribution < -0.4 is 10.4 Å². The van der Waals surface area contributed by atoms with Crippen molar-refractivity contribution in [2.75, 3.05) is 0 Å². The lowest BCUT2D eigenvalue weighted by Gasteiger charge is -2.15. The van der Waals surface area contributed by atoms with Gasteiger partial charge >= 0.3 is 5.69 Å². The fourth-order valence-electron chi connectivity index (χ4n) is 3.05. The molecule has 2 aromatic heterocycles. The topological polar surface area (TPSA) is 79.8 Å². The Balaban J connectivity index is 1.62. The summed E-state index contributed by atoms with van der Waals surface area (Å²) >= 11 is 0. The summed E-state index contributed by atoms with van der Waals surface area (Å²) in [7, 11) is 1.57. The van der Waals surface area contributed by atoms with E-state index in [2.05, 4.69) is 15.5 Å². The van der Waals surface area contributed by atoms with Gasteiger partial charge in [0.05, 0.1) is 11.4 Å². The summed E-state index contributed by atoms with van der Waals surface area (Å²) in [5.74, 6) is 0.775. The van der Waals surface area contributed by atoms with Crippen LogP contribution in [0.25, 0.3) is 11.4 Å². The van der Waals surface area contributed by atoms with Crippen molar-refractivity contribution in [2.24, 2.45) is 7.05 Å². The highest BCUT2D eigenvalue weighted by molar-refractivity contribution is 5.46. The molecular formula is C20H20N6O2. The zero-order valence-electron chi connectivity index (χ0n) is 15.9. The van der Waals surface area contributed by atoms with Crippen LogP contribution in [0.4, 0.5) is 0 Å². The molecule has 0 fully saturated rings. The van der Waals surface area contributed by atoms with Crippen molar-refractivity contribution in [1.29, 1.82) is 0 Å². The van der Waals surface area contributed by atoms with Crippen molar-refractivity contribution in [1.82, 2.24) is 29.6 Å². The summed E-state index contributed by atoms with van der Waals surface area (Å²) in [5, 5.41) is 12.0. The molecule has 0 aliphatic carbocycles. The van der Waals surface area contributed by atoms with Crippen molar-refractivity contribution < 1.29 is 4.74 Å². The SMILES string of the molecule is Cc1cc(-n2cccn2)ccc1OCc1c(C)cccc1-n1nnn(C)c1=O. The van der Waals surface area contributed by atoms with Crippen LogP contribution in [-0.4, -0.2) is 29.6 Å². The normalized spacial score (nSPS) is 11.0. The highest BCUT2D eigenvalue weighted by Crippen LogP contribution is 2.24. The Kier molecular flexibility index (Phi) is 4.52. The summed E-state index contributed by atoms with van der Waals surface area (Å²) in [6.07, 6.45) is 3.64. The Morgan fingerprint density at radius 2 is 1.89 bits per heavy atom. The second-order valence-electron chi connectivity index (χ2n) is 6.56. The van der Waals surface area contributed by atoms with Crippen LogP contribution in [-0.2, 0) is 13.7 Å². The number of hydrogen-bond acceptors (Lipinski definition) is 5. The fraction of sp³-hybridized carbons (Fsp3) is 0.200. The van der Waals surface area contributed by atoms with Crippen molar-refractivity contribution in [3.8, 4) is 17.1 Å². The number of rotatable bonds is 5. The number of tetrazole rings is 1. The lowest BCUT2D eigenvalue weighted by molar-refractivity contribution is 0.302. The molecule has 2 aromatic carbocycles. The number of nitrogens with zero attached hydrogens (tertiary/aromatic N) is 6. The molecule has 0 unspecified atom stereocenters. The molecule has 28 heavy (non-hydrogen) atoms. The Hall–Kier alpha value is -3.68. The van der Waals surface area contributed by atoms with Crippen LogP contribution in [0.5, 0.6) is 5.75 Å². The zero-order valence-corrected chi connectivity index (χ0v) is 15.9. The van der Waals surface area contributed by atoms with E-state index in [9.17, 15) is 4.79 Å². The standard InChI is InChI=1S/C20H20N6O2/c1-14-6-4-7-18(26-20(27)24(3)22-23-26)17(14)13-28-19-9-8-16(12-15(19)2)25-11-5-10-21-25/h4-12H,13H2,1-3H3. The van der Waals surface area contributed by atoms with Gasteiger partial charge in [0.15, 0.2) is 0 Å². The molecule has 8 heteroatoms. The molecule has 0 radical (unpaired) electrons. The maximum absolute atomic E-state index is 12.3. The van der Waals surface area contributed by atoms with Gasteiger partial charge in [-0.1, -0.05) is 12.1 Å². The largest absolute Gasteiger partial charge is 0.489 e. The minimum Gasteiger partial charge on any atom is -0.489 e. The third-order valence-corrected chi connectivity index (χ3v) is 4.63. The number of hydrogen-bond donors (Lipinski definition) is 0. The van der Waals surface area contributed by atoms with Crippen molar-refractivity contribution in [3.63, 3.8) is 0 Å². The second-order valence-corrected chi connectivity index (χ2v) is 6.56. The summed E-state index contributed by atoms with van der Waals surface area (Å²) in [6, 6.07) is 13.5. The van der Waals surface area contributed by atoms with E-state index in [4.69, 9.17) is 4.74 Å². The molecule has 0 bridgehead atoms. The Morgan fingerprint density at radius 3 is 2.57 bits per heavy atom. The number of aryl methyl sites for hydroxylation is 3. The van der Waals surface area contributed by atoms with Crippen molar-refractivity contribution in [3.05, 3.63) is 82.0 Å². The quantitative estimate of drug-likeness (QED) is 0.534. The van der Waals surface area contributed by atoms with E-state index >= 15 is 0 Å². The predicted octanol–water partition coefficient (Wildman–Crippen LogP) is 2.35. The molecule has 8 nitrogen and oxygen atoms in total. The third-order valence-electron chi connectivity index (χ3n) is 4.63. The van der Waals surface area contributed by atoms with Gasteiger partial charge in [-0.3, -0.25) is 0 Å². The van der Waals surface area contributed by atoms with E-state index in [0.717, 1.165) is 28.1 Å². The molecular weight excluding hydrogens is 356 g/mol. The molecule has 142 valence electrons. The molecule has 4 rings (SSSR count). The van der Waals surface area contributed by atoms with Crippen LogP contribution in [0, 0.1) is 13.8 Å². The smallest absolute Gasteiger partial charge is 0.368 e. The van der Waals surface area contributed by atoms with Crippen LogP contribution in [0.1, 0.15) is 16.7 Å². The van der Waals surface area contributed by atoms with Gasteiger partial charge in [0.25, 0.3) is 0 Å². The third kappa shape index (κ3) is 3.20. The van der Waals surface area contributed by atoms with E-state index in [1.165, 1.54) is 9.36 Å². The van der Waals surface area contributed by atoms with Crippen LogP contribution >= 0.6 is 0 Å². The van der Waals surface area contributed by atoms with Gasteiger partial charge in [-0.05, 0) is 65.7 Å². The Bertz CT molecular complexity index is 1170. The van der Waals surface area contributed by atoms with Crippen molar-refractivity contribution >= 4 is 0 Å². The maximum Gasteiger partial charge on any atom is 0.368 e. The highest BCUT2D eigenvalue weighted by atomic mass is 16.5.